The Morgan fingerprint density at radius 2 is 2.22 bits per heavy atom. The number of nitrogens with zero attached hydrogens (tertiary/aromatic N) is 2. The lowest BCUT2D eigenvalue weighted by Crippen LogP contribution is -2.07. The van der Waals surface area contributed by atoms with Crippen LogP contribution in [0.5, 0.6) is 11.6 Å². The maximum absolute atomic E-state index is 6.06. The Bertz CT molecular complexity index is 551. The molecule has 1 N–H and O–H groups in total. The number of rotatable bonds is 4. The van der Waals surface area contributed by atoms with Gasteiger partial charge in [-0.05, 0) is 25.2 Å². The summed E-state index contributed by atoms with van der Waals surface area (Å²) in [6, 6.07) is 5.40. The second-order valence-corrected chi connectivity index (χ2v) is 4.88. The predicted octanol–water partition coefficient (Wildman–Crippen LogP) is 3.40. The second-order valence-electron chi connectivity index (χ2n) is 3.56. The first-order valence-electron chi connectivity index (χ1n) is 5.27. The Labute approximate surface area is 118 Å². The average Bonchev–Trinajstić information content (AvgIpc) is 2.34. The van der Waals surface area contributed by atoms with Gasteiger partial charge in [-0.3, -0.25) is 4.98 Å². The second kappa shape index (κ2) is 6.13. The number of hydrogen-bond donors (Lipinski definition) is 1. The van der Waals surface area contributed by atoms with E-state index in [1.165, 1.54) is 0 Å². The van der Waals surface area contributed by atoms with Crippen molar-refractivity contribution in [3.8, 4) is 11.6 Å². The number of halogens is 2. The van der Waals surface area contributed by atoms with E-state index in [1.54, 1.807) is 24.5 Å². The normalized spacial score (nSPS) is 10.4. The first-order chi connectivity index (χ1) is 8.69. The number of aromatic nitrogens is 2. The van der Waals surface area contributed by atoms with Gasteiger partial charge in [-0.15, -0.1) is 0 Å². The molecule has 94 valence electrons. The lowest BCUT2D eigenvalue weighted by molar-refractivity contribution is 0.457. The minimum Gasteiger partial charge on any atom is -0.436 e. The van der Waals surface area contributed by atoms with Crippen molar-refractivity contribution in [3.05, 3.63) is 45.8 Å². The van der Waals surface area contributed by atoms with E-state index in [0.29, 0.717) is 23.2 Å². The summed E-state index contributed by atoms with van der Waals surface area (Å²) in [5.41, 5.74) is 0.809. The van der Waals surface area contributed by atoms with Crippen molar-refractivity contribution < 1.29 is 4.74 Å². The van der Waals surface area contributed by atoms with E-state index in [1.807, 2.05) is 13.1 Å². The van der Waals surface area contributed by atoms with Crippen LogP contribution in [-0.4, -0.2) is 17.0 Å². The summed E-state index contributed by atoms with van der Waals surface area (Å²) < 4.78 is 6.49. The van der Waals surface area contributed by atoms with Crippen molar-refractivity contribution in [2.45, 2.75) is 6.54 Å². The molecular weight excluding hydrogens is 318 g/mol. The minimum atomic E-state index is 0.423. The molecule has 1 aromatic heterocycles. The molecule has 1 aromatic carbocycles. The van der Waals surface area contributed by atoms with Gasteiger partial charge in [0.15, 0.2) is 0 Å². The van der Waals surface area contributed by atoms with Crippen molar-refractivity contribution in [1.82, 2.24) is 15.3 Å². The topological polar surface area (TPSA) is 47.0 Å². The molecule has 0 spiro atoms. The van der Waals surface area contributed by atoms with Crippen LogP contribution in [0, 0.1) is 0 Å². The SMILES string of the molecule is CNCc1cncc(Oc2ccc(Br)cc2Cl)n1. The Kier molecular flexibility index (Phi) is 4.52. The fraction of sp³-hybridized carbons (Fsp3) is 0.167. The van der Waals surface area contributed by atoms with Crippen LogP contribution in [0.3, 0.4) is 0 Å². The van der Waals surface area contributed by atoms with Crippen molar-refractivity contribution in [3.63, 3.8) is 0 Å². The summed E-state index contributed by atoms with van der Waals surface area (Å²) in [5, 5.41) is 3.52. The van der Waals surface area contributed by atoms with Crippen LogP contribution in [0.25, 0.3) is 0 Å². The largest absolute Gasteiger partial charge is 0.436 e. The van der Waals surface area contributed by atoms with Crippen LogP contribution in [0.15, 0.2) is 35.1 Å². The molecular formula is C12H11BrClN3O. The highest BCUT2D eigenvalue weighted by atomic mass is 79.9. The van der Waals surface area contributed by atoms with Gasteiger partial charge in [0, 0.05) is 17.2 Å². The van der Waals surface area contributed by atoms with Gasteiger partial charge in [0.2, 0.25) is 5.88 Å². The van der Waals surface area contributed by atoms with Gasteiger partial charge >= 0.3 is 0 Å². The maximum atomic E-state index is 6.06. The quantitative estimate of drug-likeness (QED) is 0.934. The van der Waals surface area contributed by atoms with Crippen LogP contribution in [0.2, 0.25) is 5.02 Å². The van der Waals surface area contributed by atoms with Crippen LogP contribution >= 0.6 is 27.5 Å². The summed E-state index contributed by atoms with van der Waals surface area (Å²) >= 11 is 9.40. The van der Waals surface area contributed by atoms with E-state index < -0.39 is 0 Å². The molecule has 18 heavy (non-hydrogen) atoms. The summed E-state index contributed by atoms with van der Waals surface area (Å²) in [5.74, 6) is 0.975. The lowest BCUT2D eigenvalue weighted by Gasteiger charge is -2.07. The average molecular weight is 329 g/mol. The van der Waals surface area contributed by atoms with E-state index in [0.717, 1.165) is 10.2 Å². The molecule has 0 aliphatic heterocycles. The van der Waals surface area contributed by atoms with Crippen LogP contribution in [0.4, 0.5) is 0 Å². The van der Waals surface area contributed by atoms with Gasteiger partial charge in [0.1, 0.15) is 5.75 Å². The standard InChI is InChI=1S/C12H11BrClN3O/c1-15-5-9-6-16-7-12(17-9)18-11-3-2-8(13)4-10(11)14/h2-4,6-7,15H,5H2,1H3. The molecule has 0 atom stereocenters. The number of nitrogens with one attached hydrogen (secondary N) is 1. The highest BCUT2D eigenvalue weighted by Gasteiger charge is 2.05. The fourth-order valence-corrected chi connectivity index (χ4v) is 2.08. The molecule has 0 bridgehead atoms. The molecule has 0 saturated heterocycles. The molecule has 0 amide bonds. The summed E-state index contributed by atoms with van der Waals surface area (Å²) in [6.45, 7) is 0.637. The Morgan fingerprint density at radius 3 is 2.94 bits per heavy atom. The van der Waals surface area contributed by atoms with Crippen LogP contribution in [0.1, 0.15) is 5.69 Å². The number of benzene rings is 1. The Morgan fingerprint density at radius 1 is 1.39 bits per heavy atom. The summed E-state index contributed by atoms with van der Waals surface area (Å²) in [6.07, 6.45) is 3.24. The molecule has 6 heteroatoms. The molecule has 4 nitrogen and oxygen atoms in total. The third kappa shape index (κ3) is 3.41. The van der Waals surface area contributed by atoms with Gasteiger partial charge in [-0.25, -0.2) is 4.98 Å². The number of hydrogen-bond acceptors (Lipinski definition) is 4. The highest BCUT2D eigenvalue weighted by Crippen LogP contribution is 2.30. The summed E-state index contributed by atoms with van der Waals surface area (Å²) in [4.78, 5) is 8.37. The Balaban J connectivity index is 2.20. The van der Waals surface area contributed by atoms with Crippen molar-refractivity contribution in [1.29, 1.82) is 0 Å². The van der Waals surface area contributed by atoms with Gasteiger partial charge in [-0.2, -0.15) is 0 Å². The van der Waals surface area contributed by atoms with Gasteiger partial charge in [0.05, 0.1) is 16.9 Å². The molecule has 0 aliphatic rings. The molecule has 0 fully saturated rings. The first kappa shape index (κ1) is 13.3. The zero-order valence-corrected chi connectivity index (χ0v) is 12.0. The van der Waals surface area contributed by atoms with Crippen molar-refractivity contribution in [2.24, 2.45) is 0 Å². The van der Waals surface area contributed by atoms with Crippen molar-refractivity contribution >= 4 is 27.5 Å². The van der Waals surface area contributed by atoms with E-state index in [4.69, 9.17) is 16.3 Å². The maximum Gasteiger partial charge on any atom is 0.238 e. The predicted molar refractivity (Wildman–Crippen MR) is 74.0 cm³/mol. The monoisotopic (exact) mass is 327 g/mol. The van der Waals surface area contributed by atoms with E-state index >= 15 is 0 Å². The molecule has 0 unspecified atom stereocenters. The molecule has 2 rings (SSSR count). The first-order valence-corrected chi connectivity index (χ1v) is 6.44. The van der Waals surface area contributed by atoms with Crippen molar-refractivity contribution in [2.75, 3.05) is 7.05 Å². The minimum absolute atomic E-state index is 0.423. The van der Waals surface area contributed by atoms with E-state index in [2.05, 4.69) is 31.2 Å². The van der Waals surface area contributed by atoms with E-state index in [9.17, 15) is 0 Å². The third-order valence-corrected chi connectivity index (χ3v) is 2.92. The number of ether oxygens (including phenoxy) is 1. The highest BCUT2D eigenvalue weighted by molar-refractivity contribution is 9.10. The van der Waals surface area contributed by atoms with Gasteiger partial charge < -0.3 is 10.1 Å². The molecule has 0 radical (unpaired) electrons. The third-order valence-electron chi connectivity index (χ3n) is 2.13. The van der Waals surface area contributed by atoms with Crippen LogP contribution in [-0.2, 0) is 6.54 Å². The smallest absolute Gasteiger partial charge is 0.238 e. The fourth-order valence-electron chi connectivity index (χ4n) is 1.37. The molecule has 0 aliphatic carbocycles. The van der Waals surface area contributed by atoms with Crippen LogP contribution < -0.4 is 10.1 Å². The lowest BCUT2D eigenvalue weighted by atomic mass is 10.3. The van der Waals surface area contributed by atoms with Gasteiger partial charge in [-0.1, -0.05) is 27.5 Å². The molecule has 2 aromatic rings. The zero-order chi connectivity index (χ0) is 13.0. The Hall–Kier alpha value is -1.17. The van der Waals surface area contributed by atoms with Gasteiger partial charge in [0.25, 0.3) is 0 Å². The summed E-state index contributed by atoms with van der Waals surface area (Å²) in [7, 11) is 1.85. The van der Waals surface area contributed by atoms with E-state index in [-0.39, 0.29) is 0 Å². The zero-order valence-electron chi connectivity index (χ0n) is 9.65. The molecule has 0 saturated carbocycles. The molecule has 1 heterocycles.